The standard InChI is InChI=1S/C20H26N2O3/c23-16-5-3-4-12-13(16)6-7-15(12)21-19(24)22-17-14-8-11-25-18(14)20(17)9-1-2-10-20/h3-5,14-15,17-18,23H,1-2,6-11H2,(H2,21,22,24). The number of urea groups is 1. The first-order valence-electron chi connectivity index (χ1n) is 9.68. The molecule has 25 heavy (non-hydrogen) atoms. The first-order chi connectivity index (χ1) is 12.2. The number of benzene rings is 1. The summed E-state index contributed by atoms with van der Waals surface area (Å²) in [5.74, 6) is 0.834. The minimum atomic E-state index is -0.0668. The molecule has 1 saturated heterocycles. The Bertz CT molecular complexity index is 698. The van der Waals surface area contributed by atoms with Gasteiger partial charge in [0.15, 0.2) is 0 Å². The maximum Gasteiger partial charge on any atom is 0.315 e. The number of hydrogen-bond donors (Lipinski definition) is 3. The second-order valence-electron chi connectivity index (χ2n) is 8.22. The first-order valence-corrected chi connectivity index (χ1v) is 9.68. The third-order valence-corrected chi connectivity index (χ3v) is 7.12. The maximum atomic E-state index is 12.7. The van der Waals surface area contributed by atoms with Crippen LogP contribution in [0.5, 0.6) is 5.75 Å². The van der Waals surface area contributed by atoms with Crippen LogP contribution in [0.15, 0.2) is 18.2 Å². The van der Waals surface area contributed by atoms with E-state index < -0.39 is 0 Å². The van der Waals surface area contributed by atoms with Gasteiger partial charge in [-0.05, 0) is 49.3 Å². The molecular weight excluding hydrogens is 316 g/mol. The Balaban J connectivity index is 1.28. The molecule has 0 bridgehead atoms. The van der Waals surface area contributed by atoms with Gasteiger partial charge in [0.2, 0.25) is 0 Å². The fourth-order valence-electron chi connectivity index (χ4n) is 6.03. The Labute approximate surface area is 148 Å². The minimum Gasteiger partial charge on any atom is -0.508 e. The van der Waals surface area contributed by atoms with E-state index in [1.165, 1.54) is 25.7 Å². The number of ether oxygens (including phenoxy) is 1. The largest absolute Gasteiger partial charge is 0.508 e. The molecule has 1 aliphatic heterocycles. The Hall–Kier alpha value is -1.75. The van der Waals surface area contributed by atoms with Crippen LogP contribution in [0.3, 0.4) is 0 Å². The summed E-state index contributed by atoms with van der Waals surface area (Å²) in [6.07, 6.45) is 7.97. The van der Waals surface area contributed by atoms with Gasteiger partial charge in [0.1, 0.15) is 5.75 Å². The first kappa shape index (κ1) is 15.5. The molecule has 0 aromatic heterocycles. The predicted molar refractivity (Wildman–Crippen MR) is 93.4 cm³/mol. The summed E-state index contributed by atoms with van der Waals surface area (Å²) < 4.78 is 6.00. The van der Waals surface area contributed by atoms with Crippen LogP contribution in [-0.2, 0) is 11.2 Å². The van der Waals surface area contributed by atoms with Gasteiger partial charge in [-0.15, -0.1) is 0 Å². The molecule has 1 spiro atoms. The zero-order chi connectivity index (χ0) is 17.0. The van der Waals surface area contributed by atoms with Crippen molar-refractivity contribution in [3.05, 3.63) is 29.3 Å². The fraction of sp³-hybridized carbons (Fsp3) is 0.650. The van der Waals surface area contributed by atoms with Crippen LogP contribution < -0.4 is 10.6 Å². The van der Waals surface area contributed by atoms with Crippen LogP contribution in [0.4, 0.5) is 4.79 Å². The van der Waals surface area contributed by atoms with Gasteiger partial charge in [-0.2, -0.15) is 0 Å². The van der Waals surface area contributed by atoms with Gasteiger partial charge in [-0.1, -0.05) is 25.0 Å². The Kier molecular flexibility index (Phi) is 3.49. The van der Waals surface area contributed by atoms with Crippen molar-refractivity contribution in [3.63, 3.8) is 0 Å². The van der Waals surface area contributed by atoms with E-state index in [1.807, 2.05) is 12.1 Å². The molecule has 4 unspecified atom stereocenters. The van der Waals surface area contributed by atoms with Gasteiger partial charge in [-0.3, -0.25) is 0 Å². The van der Waals surface area contributed by atoms with E-state index >= 15 is 0 Å². The molecule has 3 N–H and O–H groups in total. The molecule has 134 valence electrons. The number of phenolic OH excluding ortho intramolecular Hbond substituents is 1. The number of phenols is 1. The third-order valence-electron chi connectivity index (χ3n) is 7.12. The average Bonchev–Trinajstić information content (AvgIpc) is 3.32. The molecule has 2 saturated carbocycles. The number of aromatic hydroxyl groups is 1. The van der Waals surface area contributed by atoms with Crippen LogP contribution in [0.25, 0.3) is 0 Å². The maximum absolute atomic E-state index is 12.7. The van der Waals surface area contributed by atoms with E-state index in [1.54, 1.807) is 6.07 Å². The van der Waals surface area contributed by atoms with Crippen LogP contribution in [0.1, 0.15) is 55.7 Å². The highest BCUT2D eigenvalue weighted by molar-refractivity contribution is 5.75. The van der Waals surface area contributed by atoms with Gasteiger partial charge in [0.25, 0.3) is 0 Å². The second kappa shape index (κ2) is 5.63. The molecule has 5 rings (SSSR count). The van der Waals surface area contributed by atoms with Crippen molar-refractivity contribution >= 4 is 6.03 Å². The van der Waals surface area contributed by atoms with Crippen LogP contribution in [0, 0.1) is 11.3 Å². The van der Waals surface area contributed by atoms with E-state index in [0.717, 1.165) is 37.0 Å². The normalized spacial score (nSPS) is 34.4. The third kappa shape index (κ3) is 2.21. The van der Waals surface area contributed by atoms with Gasteiger partial charge >= 0.3 is 6.03 Å². The van der Waals surface area contributed by atoms with E-state index in [0.29, 0.717) is 17.8 Å². The molecule has 0 radical (unpaired) electrons. The summed E-state index contributed by atoms with van der Waals surface area (Å²) >= 11 is 0. The molecule has 4 atom stereocenters. The smallest absolute Gasteiger partial charge is 0.315 e. The van der Waals surface area contributed by atoms with Crippen molar-refractivity contribution in [2.45, 2.75) is 63.1 Å². The van der Waals surface area contributed by atoms with Crippen molar-refractivity contribution in [3.8, 4) is 5.75 Å². The van der Waals surface area contributed by atoms with E-state index in [2.05, 4.69) is 10.6 Å². The Morgan fingerprint density at radius 1 is 1.20 bits per heavy atom. The molecule has 1 heterocycles. The zero-order valence-corrected chi connectivity index (χ0v) is 14.5. The predicted octanol–water partition coefficient (Wildman–Crippen LogP) is 3.03. The SMILES string of the molecule is O=C(NC1CCc2c(O)cccc21)NC1C2CCOC2C12CCCC2. The molecule has 3 aliphatic carbocycles. The number of fused-ring (bicyclic) bond motifs is 3. The Morgan fingerprint density at radius 3 is 2.88 bits per heavy atom. The van der Waals surface area contributed by atoms with Crippen molar-refractivity contribution < 1.29 is 14.6 Å². The van der Waals surface area contributed by atoms with Crippen LogP contribution >= 0.6 is 0 Å². The Morgan fingerprint density at radius 2 is 2.04 bits per heavy atom. The zero-order valence-electron chi connectivity index (χ0n) is 14.5. The number of nitrogens with one attached hydrogen (secondary N) is 2. The molecule has 5 heteroatoms. The van der Waals surface area contributed by atoms with Gasteiger partial charge in [0.05, 0.1) is 12.1 Å². The molecule has 2 amide bonds. The molecule has 1 aromatic rings. The minimum absolute atomic E-state index is 0.00247. The molecule has 1 aromatic carbocycles. The fourth-order valence-corrected chi connectivity index (χ4v) is 6.03. The van der Waals surface area contributed by atoms with E-state index in [9.17, 15) is 9.90 Å². The summed E-state index contributed by atoms with van der Waals surface area (Å²) in [4.78, 5) is 12.7. The van der Waals surface area contributed by atoms with Crippen molar-refractivity contribution in [2.75, 3.05) is 6.61 Å². The van der Waals surface area contributed by atoms with Gasteiger partial charge in [0, 0.05) is 24.0 Å². The molecular formula is C20H26N2O3. The van der Waals surface area contributed by atoms with Gasteiger partial charge in [-0.25, -0.2) is 4.79 Å². The summed E-state index contributed by atoms with van der Waals surface area (Å²) in [7, 11) is 0. The number of carbonyl (C=O) groups is 1. The highest BCUT2D eigenvalue weighted by Gasteiger charge is 2.65. The average molecular weight is 342 g/mol. The summed E-state index contributed by atoms with van der Waals surface area (Å²) in [6.45, 7) is 0.839. The lowest BCUT2D eigenvalue weighted by Gasteiger charge is -2.56. The highest BCUT2D eigenvalue weighted by Crippen LogP contribution is 2.60. The summed E-state index contributed by atoms with van der Waals surface area (Å²) in [5, 5.41) is 16.4. The number of hydrogen-bond acceptors (Lipinski definition) is 3. The second-order valence-corrected chi connectivity index (χ2v) is 8.22. The molecule has 3 fully saturated rings. The van der Waals surface area contributed by atoms with Crippen molar-refractivity contribution in [1.29, 1.82) is 0 Å². The quantitative estimate of drug-likeness (QED) is 0.774. The van der Waals surface area contributed by atoms with Crippen molar-refractivity contribution in [2.24, 2.45) is 11.3 Å². The lowest BCUT2D eigenvalue weighted by Crippen LogP contribution is -2.69. The van der Waals surface area contributed by atoms with Gasteiger partial charge < -0.3 is 20.5 Å². The van der Waals surface area contributed by atoms with Crippen molar-refractivity contribution in [1.82, 2.24) is 10.6 Å². The topological polar surface area (TPSA) is 70.6 Å². The molecule has 4 aliphatic rings. The van der Waals surface area contributed by atoms with Crippen LogP contribution in [-0.4, -0.2) is 29.9 Å². The summed E-state index contributed by atoms with van der Waals surface area (Å²) in [5.41, 5.74) is 2.22. The number of carbonyl (C=O) groups excluding carboxylic acids is 1. The monoisotopic (exact) mass is 342 g/mol. The van der Waals surface area contributed by atoms with Crippen LogP contribution in [0.2, 0.25) is 0 Å². The van der Waals surface area contributed by atoms with E-state index in [4.69, 9.17) is 4.74 Å². The number of rotatable bonds is 2. The molecule has 5 nitrogen and oxygen atoms in total. The van der Waals surface area contributed by atoms with E-state index in [-0.39, 0.29) is 23.5 Å². The highest BCUT2D eigenvalue weighted by atomic mass is 16.5. The number of amides is 2. The lowest BCUT2D eigenvalue weighted by molar-refractivity contribution is -0.126. The lowest BCUT2D eigenvalue weighted by atomic mass is 9.54. The summed E-state index contributed by atoms with van der Waals surface area (Å²) in [6, 6.07) is 5.77.